The van der Waals surface area contributed by atoms with Crippen LogP contribution in [0.4, 0.5) is 4.39 Å². The van der Waals surface area contributed by atoms with Crippen LogP contribution in [0.25, 0.3) is 10.9 Å². The summed E-state index contributed by atoms with van der Waals surface area (Å²) in [6.45, 7) is 2.83. The summed E-state index contributed by atoms with van der Waals surface area (Å²) in [6.07, 6.45) is 5.54. The summed E-state index contributed by atoms with van der Waals surface area (Å²) in [6, 6.07) is 15.3. The van der Waals surface area contributed by atoms with E-state index in [1.807, 2.05) is 30.3 Å². The molecule has 3 atom stereocenters. The lowest BCUT2D eigenvalue weighted by Gasteiger charge is -2.39. The van der Waals surface area contributed by atoms with Crippen LogP contribution in [0.3, 0.4) is 0 Å². The first-order valence-electron chi connectivity index (χ1n) is 13.2. The van der Waals surface area contributed by atoms with Crippen molar-refractivity contribution in [1.82, 2.24) is 9.88 Å². The molecule has 3 aromatic rings. The lowest BCUT2D eigenvalue weighted by atomic mass is 9.79. The normalized spacial score (nSPS) is 19.1. The predicted molar refractivity (Wildman–Crippen MR) is 146 cm³/mol. The van der Waals surface area contributed by atoms with Crippen LogP contribution in [-0.4, -0.2) is 47.7 Å². The fourth-order valence-corrected chi connectivity index (χ4v) is 5.72. The molecule has 2 aromatic carbocycles. The maximum atomic E-state index is 15.5. The van der Waals surface area contributed by atoms with Crippen LogP contribution >= 0.6 is 11.6 Å². The number of alkyl halides is 1. The number of rotatable bonds is 12. The molecule has 1 N–H and O–H groups in total. The van der Waals surface area contributed by atoms with Gasteiger partial charge >= 0.3 is 5.97 Å². The number of nitrogens with zero attached hydrogens (tertiary/aromatic N) is 2. The Labute approximate surface area is 223 Å². The number of halogens is 2. The van der Waals surface area contributed by atoms with Crippen LogP contribution in [0, 0.1) is 11.8 Å². The Morgan fingerprint density at radius 1 is 1.19 bits per heavy atom. The first-order chi connectivity index (χ1) is 17.9. The zero-order valence-electron chi connectivity index (χ0n) is 21.4. The number of methoxy groups -OCH3 is 1. The van der Waals surface area contributed by atoms with E-state index in [-0.39, 0.29) is 12.3 Å². The average molecular weight is 527 g/mol. The smallest absolute Gasteiger partial charge is 0.303 e. The highest BCUT2D eigenvalue weighted by Crippen LogP contribution is 2.36. The van der Waals surface area contributed by atoms with Crippen LogP contribution in [0.2, 0.25) is 5.02 Å². The van der Waals surface area contributed by atoms with E-state index in [1.165, 1.54) is 5.56 Å². The monoisotopic (exact) mass is 526 g/mol. The highest BCUT2D eigenvalue weighted by molar-refractivity contribution is 6.30. The second-order valence-corrected chi connectivity index (χ2v) is 10.5. The molecule has 0 bridgehead atoms. The summed E-state index contributed by atoms with van der Waals surface area (Å²) >= 11 is 5.99. The third-order valence-corrected chi connectivity index (χ3v) is 7.92. The first-order valence-corrected chi connectivity index (χ1v) is 13.6. The van der Waals surface area contributed by atoms with Gasteiger partial charge in [0.1, 0.15) is 11.9 Å². The number of aliphatic carboxylic acids is 1. The number of aromatic nitrogens is 1. The largest absolute Gasteiger partial charge is 0.497 e. The number of pyridine rings is 1. The topological polar surface area (TPSA) is 62.7 Å². The fourth-order valence-electron chi connectivity index (χ4n) is 5.60. The third kappa shape index (κ3) is 7.65. The SMILES string of the molecule is COc1ccc2nccc([C@@H](F)CCC3CCN(CCCc4ccc(Cl)cc4)CC3CCC(=O)O)c2c1. The molecule has 1 aromatic heterocycles. The summed E-state index contributed by atoms with van der Waals surface area (Å²) in [5.74, 6) is 0.514. The van der Waals surface area contributed by atoms with Crippen molar-refractivity contribution in [3.63, 3.8) is 0 Å². The molecule has 2 unspecified atom stereocenters. The van der Waals surface area contributed by atoms with E-state index in [1.54, 1.807) is 19.4 Å². The van der Waals surface area contributed by atoms with Crippen molar-refractivity contribution in [1.29, 1.82) is 0 Å². The molecule has 5 nitrogen and oxygen atoms in total. The molecular weight excluding hydrogens is 491 g/mol. The van der Waals surface area contributed by atoms with E-state index in [2.05, 4.69) is 22.0 Å². The number of piperidine rings is 1. The number of ether oxygens (including phenoxy) is 1. The fraction of sp³-hybridized carbons (Fsp3) is 0.467. The van der Waals surface area contributed by atoms with Crippen LogP contribution in [-0.2, 0) is 11.2 Å². The molecule has 198 valence electrons. The molecule has 0 saturated carbocycles. The van der Waals surface area contributed by atoms with Gasteiger partial charge < -0.3 is 14.7 Å². The first kappa shape index (κ1) is 27.3. The maximum absolute atomic E-state index is 15.5. The Morgan fingerprint density at radius 2 is 2.00 bits per heavy atom. The lowest BCUT2D eigenvalue weighted by Crippen LogP contribution is -2.41. The van der Waals surface area contributed by atoms with Crippen molar-refractivity contribution in [2.75, 3.05) is 26.7 Å². The van der Waals surface area contributed by atoms with Crippen molar-refractivity contribution < 1.29 is 19.0 Å². The number of hydrogen-bond donors (Lipinski definition) is 1. The molecule has 0 aliphatic carbocycles. The number of carbonyl (C=O) groups is 1. The Kier molecular flexibility index (Phi) is 9.75. The minimum absolute atomic E-state index is 0.160. The van der Waals surface area contributed by atoms with Gasteiger partial charge in [-0.3, -0.25) is 9.78 Å². The Hall–Kier alpha value is -2.70. The van der Waals surface area contributed by atoms with Gasteiger partial charge in [-0.2, -0.15) is 0 Å². The van der Waals surface area contributed by atoms with Crippen molar-refractivity contribution in [2.24, 2.45) is 11.8 Å². The predicted octanol–water partition coefficient (Wildman–Crippen LogP) is 7.12. The van der Waals surface area contributed by atoms with Gasteiger partial charge in [-0.05, 0) is 111 Å². The second kappa shape index (κ2) is 13.2. The average Bonchev–Trinajstić information content (AvgIpc) is 2.91. The maximum Gasteiger partial charge on any atom is 0.303 e. The lowest BCUT2D eigenvalue weighted by molar-refractivity contribution is -0.137. The van der Waals surface area contributed by atoms with Gasteiger partial charge in [0.25, 0.3) is 0 Å². The molecule has 0 spiro atoms. The number of carboxylic acid groups (broad SMARTS) is 1. The minimum atomic E-state index is -1.10. The Balaban J connectivity index is 1.34. The van der Waals surface area contributed by atoms with Gasteiger partial charge in [0.15, 0.2) is 0 Å². The molecule has 4 rings (SSSR count). The van der Waals surface area contributed by atoms with Gasteiger partial charge in [-0.15, -0.1) is 0 Å². The summed E-state index contributed by atoms with van der Waals surface area (Å²) < 4.78 is 20.9. The zero-order valence-corrected chi connectivity index (χ0v) is 22.2. The zero-order chi connectivity index (χ0) is 26.2. The van der Waals surface area contributed by atoms with E-state index in [0.717, 1.165) is 61.2 Å². The van der Waals surface area contributed by atoms with Crippen molar-refractivity contribution in [3.05, 3.63) is 70.9 Å². The molecule has 2 heterocycles. The van der Waals surface area contributed by atoms with Gasteiger partial charge in [0, 0.05) is 29.6 Å². The molecule has 0 amide bonds. The van der Waals surface area contributed by atoms with Gasteiger partial charge in [-0.25, -0.2) is 4.39 Å². The summed E-state index contributed by atoms with van der Waals surface area (Å²) in [5.41, 5.74) is 2.68. The number of benzene rings is 2. The summed E-state index contributed by atoms with van der Waals surface area (Å²) in [5, 5.41) is 10.8. The quantitative estimate of drug-likeness (QED) is 0.272. The number of hydrogen-bond acceptors (Lipinski definition) is 4. The number of carboxylic acids is 1. The van der Waals surface area contributed by atoms with Crippen LogP contribution in [0.5, 0.6) is 5.75 Å². The van der Waals surface area contributed by atoms with E-state index < -0.39 is 12.1 Å². The number of aryl methyl sites for hydroxylation is 1. The van der Waals surface area contributed by atoms with Gasteiger partial charge in [0.2, 0.25) is 0 Å². The van der Waals surface area contributed by atoms with Crippen molar-refractivity contribution in [3.8, 4) is 5.75 Å². The molecule has 0 radical (unpaired) electrons. The van der Waals surface area contributed by atoms with Crippen LogP contribution in [0.15, 0.2) is 54.7 Å². The van der Waals surface area contributed by atoms with E-state index in [0.29, 0.717) is 30.1 Å². The highest BCUT2D eigenvalue weighted by Gasteiger charge is 2.30. The van der Waals surface area contributed by atoms with Gasteiger partial charge in [0.05, 0.1) is 12.6 Å². The van der Waals surface area contributed by atoms with E-state index >= 15 is 4.39 Å². The Morgan fingerprint density at radius 3 is 2.76 bits per heavy atom. The molecule has 37 heavy (non-hydrogen) atoms. The second-order valence-electron chi connectivity index (χ2n) is 10.1. The molecule has 1 aliphatic heterocycles. The molecular formula is C30H36ClFN2O3. The number of likely N-dealkylation sites (tertiary alicyclic amines) is 1. The van der Waals surface area contributed by atoms with Crippen molar-refractivity contribution >= 4 is 28.5 Å². The molecule has 1 fully saturated rings. The number of fused-ring (bicyclic) bond motifs is 1. The third-order valence-electron chi connectivity index (χ3n) is 7.67. The van der Waals surface area contributed by atoms with Crippen LogP contribution < -0.4 is 4.74 Å². The summed E-state index contributed by atoms with van der Waals surface area (Å²) in [7, 11) is 1.60. The van der Waals surface area contributed by atoms with Crippen LogP contribution in [0.1, 0.15) is 55.8 Å². The Bertz CT molecular complexity index is 1170. The molecule has 1 aliphatic rings. The van der Waals surface area contributed by atoms with Crippen molar-refractivity contribution in [2.45, 2.75) is 51.1 Å². The standard InChI is InChI=1S/C30H36ClFN2O3/c1-37-25-10-12-29-27(19-25)26(14-16-33-29)28(32)11-6-22-15-18-34(20-23(22)7-13-30(35)36)17-2-3-21-4-8-24(31)9-5-21/h4-5,8-10,12,14,16,19,22-23,28H,2-3,6-7,11,13,15,17-18,20H2,1H3,(H,35,36)/t22?,23?,28-/m0/s1. The molecule has 7 heteroatoms. The summed E-state index contributed by atoms with van der Waals surface area (Å²) in [4.78, 5) is 18.1. The minimum Gasteiger partial charge on any atom is -0.497 e. The van der Waals surface area contributed by atoms with Gasteiger partial charge in [-0.1, -0.05) is 23.7 Å². The van der Waals surface area contributed by atoms with E-state index in [4.69, 9.17) is 16.3 Å². The highest BCUT2D eigenvalue weighted by atomic mass is 35.5. The van der Waals surface area contributed by atoms with E-state index in [9.17, 15) is 9.90 Å². The molecule has 1 saturated heterocycles.